The topological polar surface area (TPSA) is 52.9 Å². The molecule has 0 aromatic carbocycles. The fraction of sp³-hybridized carbons (Fsp3) is 0.750. The highest BCUT2D eigenvalue weighted by atomic mass is 35.5. The number of rotatable bonds is 3. The fourth-order valence-corrected chi connectivity index (χ4v) is 0.954. The first-order valence-electron chi connectivity index (χ1n) is 4.07. The Balaban J connectivity index is 2.57. The normalized spacial score (nSPS) is 18.9. The van der Waals surface area contributed by atoms with Crippen molar-refractivity contribution in [2.45, 2.75) is 36.1 Å². The largest absolute Gasteiger partial charge is 0.335 e. The summed E-state index contributed by atoms with van der Waals surface area (Å²) in [5.74, 6) is -0.475. The first kappa shape index (κ1) is 10.6. The van der Waals surface area contributed by atoms with E-state index in [0.29, 0.717) is 19.3 Å². The van der Waals surface area contributed by atoms with Gasteiger partial charge in [0.15, 0.2) is 4.33 Å². The lowest BCUT2D eigenvalue weighted by Crippen LogP contribution is -2.44. The second-order valence-electron chi connectivity index (χ2n) is 3.21. The molecule has 72 valence electrons. The van der Waals surface area contributed by atoms with Gasteiger partial charge in [-0.25, -0.2) is 0 Å². The van der Waals surface area contributed by atoms with Crippen LogP contribution in [0.3, 0.4) is 0 Å². The summed E-state index contributed by atoms with van der Waals surface area (Å²) in [6, 6.07) is 2.03. The highest BCUT2D eigenvalue weighted by molar-refractivity contribution is 6.58. The highest BCUT2D eigenvalue weighted by Crippen LogP contribution is 2.36. The summed E-state index contributed by atoms with van der Waals surface area (Å²) in [7, 11) is 0. The minimum Gasteiger partial charge on any atom is -0.335 e. The van der Waals surface area contributed by atoms with Crippen molar-refractivity contribution < 1.29 is 4.79 Å². The molecule has 0 aromatic rings. The second kappa shape index (κ2) is 3.36. The van der Waals surface area contributed by atoms with Crippen molar-refractivity contribution in [1.82, 2.24) is 5.32 Å². The Labute approximate surface area is 87.0 Å². The third-order valence-corrected chi connectivity index (χ3v) is 2.97. The minimum absolute atomic E-state index is 0.323. The van der Waals surface area contributed by atoms with Crippen molar-refractivity contribution in [1.29, 1.82) is 5.26 Å². The first-order chi connectivity index (χ1) is 5.96. The average Bonchev–Trinajstić information content (AvgIpc) is 2.85. The predicted molar refractivity (Wildman–Crippen MR) is 50.4 cm³/mol. The third kappa shape index (κ3) is 2.26. The van der Waals surface area contributed by atoms with Gasteiger partial charge >= 0.3 is 0 Å². The maximum absolute atomic E-state index is 11.4. The van der Waals surface area contributed by atoms with Crippen LogP contribution in [0.5, 0.6) is 0 Å². The van der Waals surface area contributed by atoms with Crippen molar-refractivity contribution in [3.05, 3.63) is 0 Å². The van der Waals surface area contributed by atoms with Crippen molar-refractivity contribution in [3.63, 3.8) is 0 Å². The van der Waals surface area contributed by atoms with E-state index in [1.165, 1.54) is 0 Å². The lowest BCUT2D eigenvalue weighted by molar-refractivity contribution is -0.122. The maximum Gasteiger partial charge on any atom is 0.257 e. The standard InChI is InChI=1S/C8H10Cl2N2O/c1-2-8(9,10)6(13)12-7(5-11)3-4-7/h2-4H2,1H3,(H,12,13). The van der Waals surface area contributed by atoms with Crippen LogP contribution in [0.15, 0.2) is 0 Å². The van der Waals surface area contributed by atoms with Gasteiger partial charge in [0.2, 0.25) is 0 Å². The van der Waals surface area contributed by atoms with Crippen molar-refractivity contribution in [3.8, 4) is 6.07 Å². The number of nitrogens with zero attached hydrogens (tertiary/aromatic N) is 1. The molecule has 0 radical (unpaired) electrons. The van der Waals surface area contributed by atoms with Crippen molar-refractivity contribution in [2.75, 3.05) is 0 Å². The molecule has 0 atom stereocenters. The zero-order valence-corrected chi connectivity index (χ0v) is 8.74. The minimum atomic E-state index is -1.41. The van der Waals surface area contributed by atoms with Gasteiger partial charge in [-0.15, -0.1) is 0 Å². The van der Waals surface area contributed by atoms with E-state index in [2.05, 4.69) is 5.32 Å². The van der Waals surface area contributed by atoms with Gasteiger partial charge in [0.1, 0.15) is 5.54 Å². The molecule has 0 aliphatic heterocycles. The molecule has 3 nitrogen and oxygen atoms in total. The zero-order chi connectivity index (χ0) is 10.1. The average molecular weight is 221 g/mol. The SMILES string of the molecule is CCC(Cl)(Cl)C(=O)NC1(C#N)CC1. The molecule has 1 aliphatic rings. The molecule has 0 heterocycles. The molecule has 0 aromatic heterocycles. The van der Waals surface area contributed by atoms with Crippen LogP contribution in [-0.4, -0.2) is 15.8 Å². The van der Waals surface area contributed by atoms with Crippen LogP contribution >= 0.6 is 23.2 Å². The number of carbonyl (C=O) groups is 1. The van der Waals surface area contributed by atoms with Crippen molar-refractivity contribution in [2.24, 2.45) is 0 Å². The molecule has 1 rings (SSSR count). The molecular formula is C8H10Cl2N2O. The number of nitrogens with one attached hydrogen (secondary N) is 1. The zero-order valence-electron chi connectivity index (χ0n) is 7.23. The maximum atomic E-state index is 11.4. The summed E-state index contributed by atoms with van der Waals surface area (Å²) >= 11 is 11.4. The summed E-state index contributed by atoms with van der Waals surface area (Å²) in [5, 5.41) is 11.2. The van der Waals surface area contributed by atoms with Crippen LogP contribution in [-0.2, 0) is 4.79 Å². The van der Waals surface area contributed by atoms with Gasteiger partial charge in [0.05, 0.1) is 6.07 Å². The number of hydrogen-bond acceptors (Lipinski definition) is 2. The third-order valence-electron chi connectivity index (χ3n) is 2.09. The molecule has 1 aliphatic carbocycles. The highest BCUT2D eigenvalue weighted by Gasteiger charge is 2.47. The van der Waals surface area contributed by atoms with Gasteiger partial charge in [0.25, 0.3) is 5.91 Å². The van der Waals surface area contributed by atoms with Gasteiger partial charge < -0.3 is 5.32 Å². The van der Waals surface area contributed by atoms with Gasteiger partial charge in [-0.05, 0) is 19.3 Å². The Hall–Kier alpha value is -0.460. The molecule has 13 heavy (non-hydrogen) atoms. The van der Waals surface area contributed by atoms with E-state index in [-0.39, 0.29) is 0 Å². The Kier molecular flexibility index (Phi) is 2.74. The summed E-state index contributed by atoms with van der Waals surface area (Å²) in [5.41, 5.74) is -0.693. The van der Waals surface area contributed by atoms with E-state index in [4.69, 9.17) is 28.5 Å². The lowest BCUT2D eigenvalue weighted by atomic mass is 10.2. The van der Waals surface area contributed by atoms with Crippen LogP contribution in [0.25, 0.3) is 0 Å². The molecule has 1 N–H and O–H groups in total. The Morgan fingerprint density at radius 3 is 2.54 bits per heavy atom. The Bertz CT molecular complexity index is 266. The Morgan fingerprint density at radius 1 is 1.69 bits per heavy atom. The molecular weight excluding hydrogens is 211 g/mol. The summed E-state index contributed by atoms with van der Waals surface area (Å²) in [4.78, 5) is 11.4. The number of carbonyl (C=O) groups excluding carboxylic acids is 1. The first-order valence-corrected chi connectivity index (χ1v) is 4.83. The van der Waals surface area contributed by atoms with Crippen LogP contribution in [0, 0.1) is 11.3 Å². The van der Waals surface area contributed by atoms with Crippen LogP contribution < -0.4 is 5.32 Å². The fourth-order valence-electron chi connectivity index (χ4n) is 0.859. The van der Waals surface area contributed by atoms with Crippen LogP contribution in [0.1, 0.15) is 26.2 Å². The van der Waals surface area contributed by atoms with Gasteiger partial charge in [0, 0.05) is 0 Å². The molecule has 1 fully saturated rings. The molecule has 1 saturated carbocycles. The summed E-state index contributed by atoms with van der Waals surface area (Å²) in [6.07, 6.45) is 1.69. The second-order valence-corrected chi connectivity index (χ2v) is 4.69. The van der Waals surface area contributed by atoms with Gasteiger partial charge in [-0.2, -0.15) is 5.26 Å². The lowest BCUT2D eigenvalue weighted by Gasteiger charge is -2.18. The molecule has 1 amide bonds. The number of nitriles is 1. The number of hydrogen-bond donors (Lipinski definition) is 1. The van der Waals surface area contributed by atoms with Gasteiger partial charge in [-0.1, -0.05) is 30.1 Å². The monoisotopic (exact) mass is 220 g/mol. The molecule has 5 heteroatoms. The molecule has 0 bridgehead atoms. The number of amides is 1. The Morgan fingerprint density at radius 2 is 2.23 bits per heavy atom. The molecule has 0 spiro atoms. The van der Waals surface area contributed by atoms with E-state index in [0.717, 1.165) is 0 Å². The van der Waals surface area contributed by atoms with Gasteiger partial charge in [-0.3, -0.25) is 4.79 Å². The van der Waals surface area contributed by atoms with Crippen molar-refractivity contribution >= 4 is 29.1 Å². The molecule has 0 unspecified atom stereocenters. The van der Waals surface area contributed by atoms with E-state index in [9.17, 15) is 4.79 Å². The summed E-state index contributed by atoms with van der Waals surface area (Å²) in [6.45, 7) is 1.71. The predicted octanol–water partition coefficient (Wildman–Crippen LogP) is 1.74. The van der Waals surface area contributed by atoms with E-state index >= 15 is 0 Å². The number of halogens is 2. The van der Waals surface area contributed by atoms with E-state index in [1.807, 2.05) is 6.07 Å². The van der Waals surface area contributed by atoms with E-state index < -0.39 is 15.8 Å². The van der Waals surface area contributed by atoms with Crippen LogP contribution in [0.4, 0.5) is 0 Å². The quantitative estimate of drug-likeness (QED) is 0.738. The van der Waals surface area contributed by atoms with E-state index in [1.54, 1.807) is 6.92 Å². The van der Waals surface area contributed by atoms with Crippen LogP contribution in [0.2, 0.25) is 0 Å². The molecule has 0 saturated heterocycles. The summed E-state index contributed by atoms with van der Waals surface area (Å²) < 4.78 is -1.41. The smallest absolute Gasteiger partial charge is 0.257 e. The number of alkyl halides is 2.